The fraction of sp³-hybridized carbons (Fsp3) is 0.0909. The number of hydrogen-bond donors (Lipinski definition) is 0. The van der Waals surface area contributed by atoms with Crippen LogP contribution in [-0.2, 0) is 6.42 Å². The maximum Gasteiger partial charge on any atom is 0.119 e. The standard InChI is InChI=1S/C22H16O/c1-23-18-8-6-17-12-22-19(21(17)13-18)9-7-16-10-14-4-2-3-5-15(14)11-20(16)22/h2-11,13H,12H2,1H3. The number of methoxy groups -OCH3 is 1. The maximum atomic E-state index is 5.40. The quantitative estimate of drug-likeness (QED) is 0.367. The molecule has 23 heavy (non-hydrogen) atoms. The lowest BCUT2D eigenvalue weighted by molar-refractivity contribution is 0.415. The Labute approximate surface area is 135 Å². The van der Waals surface area contributed by atoms with Crippen LogP contribution in [0.5, 0.6) is 5.75 Å². The summed E-state index contributed by atoms with van der Waals surface area (Å²) in [5, 5.41) is 5.30. The Hall–Kier alpha value is -2.80. The molecule has 1 aliphatic carbocycles. The molecule has 4 aromatic rings. The highest BCUT2D eigenvalue weighted by Gasteiger charge is 2.21. The van der Waals surface area contributed by atoms with Gasteiger partial charge in [-0.1, -0.05) is 42.5 Å². The molecule has 0 amide bonds. The van der Waals surface area contributed by atoms with Gasteiger partial charge in [0.1, 0.15) is 5.75 Å². The third-order valence-electron chi connectivity index (χ3n) is 4.97. The van der Waals surface area contributed by atoms with Crippen molar-refractivity contribution in [3.63, 3.8) is 0 Å². The molecule has 1 heteroatoms. The van der Waals surface area contributed by atoms with Crippen LogP contribution in [0.1, 0.15) is 11.1 Å². The van der Waals surface area contributed by atoms with Gasteiger partial charge in [0, 0.05) is 0 Å². The predicted molar refractivity (Wildman–Crippen MR) is 96.2 cm³/mol. The molecule has 0 bridgehead atoms. The van der Waals surface area contributed by atoms with Crippen LogP contribution in [0.25, 0.3) is 32.7 Å². The fourth-order valence-electron chi connectivity index (χ4n) is 3.80. The highest BCUT2D eigenvalue weighted by atomic mass is 16.5. The lowest BCUT2D eigenvalue weighted by Gasteiger charge is -2.08. The Balaban J connectivity index is 1.82. The first-order valence-corrected chi connectivity index (χ1v) is 7.95. The molecule has 0 aliphatic heterocycles. The summed E-state index contributed by atoms with van der Waals surface area (Å²) in [5.74, 6) is 0.926. The van der Waals surface area contributed by atoms with Crippen molar-refractivity contribution in [3.8, 4) is 16.9 Å². The molecule has 0 unspecified atom stereocenters. The highest BCUT2D eigenvalue weighted by Crippen LogP contribution is 2.42. The normalized spacial score (nSPS) is 12.4. The minimum absolute atomic E-state index is 0.926. The molecule has 0 radical (unpaired) electrons. The summed E-state index contributed by atoms with van der Waals surface area (Å²) < 4.78 is 5.40. The van der Waals surface area contributed by atoms with Crippen molar-refractivity contribution >= 4 is 21.5 Å². The first-order chi connectivity index (χ1) is 11.3. The Bertz CT molecular complexity index is 1080. The number of ether oxygens (including phenoxy) is 1. The first-order valence-electron chi connectivity index (χ1n) is 7.95. The van der Waals surface area contributed by atoms with Gasteiger partial charge < -0.3 is 4.74 Å². The molecular formula is C22H16O. The largest absolute Gasteiger partial charge is 0.497 e. The molecule has 110 valence electrons. The van der Waals surface area contributed by atoms with E-state index in [0.29, 0.717) is 0 Å². The molecule has 5 rings (SSSR count). The van der Waals surface area contributed by atoms with Crippen molar-refractivity contribution in [3.05, 3.63) is 77.9 Å². The van der Waals surface area contributed by atoms with E-state index in [1.807, 2.05) is 0 Å². The van der Waals surface area contributed by atoms with Crippen LogP contribution in [0.15, 0.2) is 66.7 Å². The average Bonchev–Trinajstić information content (AvgIpc) is 2.98. The molecule has 4 aromatic carbocycles. The third-order valence-corrected chi connectivity index (χ3v) is 4.97. The van der Waals surface area contributed by atoms with Gasteiger partial charge >= 0.3 is 0 Å². The van der Waals surface area contributed by atoms with Gasteiger partial charge in [-0.2, -0.15) is 0 Å². The fourth-order valence-corrected chi connectivity index (χ4v) is 3.80. The summed E-state index contributed by atoms with van der Waals surface area (Å²) in [6.07, 6.45) is 1.00. The summed E-state index contributed by atoms with van der Waals surface area (Å²) in [5.41, 5.74) is 5.49. The van der Waals surface area contributed by atoms with Crippen LogP contribution < -0.4 is 4.74 Å². The summed E-state index contributed by atoms with van der Waals surface area (Å²) in [4.78, 5) is 0. The van der Waals surface area contributed by atoms with Crippen molar-refractivity contribution in [2.45, 2.75) is 6.42 Å². The number of rotatable bonds is 1. The van der Waals surface area contributed by atoms with E-state index >= 15 is 0 Å². The molecule has 0 fully saturated rings. The van der Waals surface area contributed by atoms with E-state index in [-0.39, 0.29) is 0 Å². The van der Waals surface area contributed by atoms with Crippen LogP contribution in [0, 0.1) is 0 Å². The van der Waals surface area contributed by atoms with Gasteiger partial charge in [-0.15, -0.1) is 0 Å². The zero-order valence-corrected chi connectivity index (χ0v) is 13.0. The molecular weight excluding hydrogens is 280 g/mol. The lowest BCUT2D eigenvalue weighted by atomic mass is 9.96. The third kappa shape index (κ3) is 1.80. The molecule has 0 saturated carbocycles. The summed E-state index contributed by atoms with van der Waals surface area (Å²) in [7, 11) is 1.73. The molecule has 0 aromatic heterocycles. The van der Waals surface area contributed by atoms with E-state index in [2.05, 4.69) is 66.7 Å². The Morgan fingerprint density at radius 1 is 0.739 bits per heavy atom. The van der Waals surface area contributed by atoms with E-state index in [4.69, 9.17) is 4.74 Å². The van der Waals surface area contributed by atoms with Crippen LogP contribution in [0.2, 0.25) is 0 Å². The average molecular weight is 296 g/mol. The highest BCUT2D eigenvalue weighted by molar-refractivity contribution is 6.03. The summed E-state index contributed by atoms with van der Waals surface area (Å²) in [6.45, 7) is 0. The second kappa shape index (κ2) is 4.60. The van der Waals surface area contributed by atoms with Crippen LogP contribution in [0.4, 0.5) is 0 Å². The molecule has 0 N–H and O–H groups in total. The molecule has 0 spiro atoms. The van der Waals surface area contributed by atoms with E-state index < -0.39 is 0 Å². The van der Waals surface area contributed by atoms with Gasteiger partial charge in [0.05, 0.1) is 7.11 Å². The molecule has 1 nitrogen and oxygen atoms in total. The van der Waals surface area contributed by atoms with Crippen LogP contribution in [-0.4, -0.2) is 7.11 Å². The summed E-state index contributed by atoms with van der Waals surface area (Å²) >= 11 is 0. The van der Waals surface area contributed by atoms with Crippen molar-refractivity contribution < 1.29 is 4.74 Å². The first kappa shape index (κ1) is 12.7. The smallest absolute Gasteiger partial charge is 0.119 e. The maximum absolute atomic E-state index is 5.40. The van der Waals surface area contributed by atoms with E-state index in [9.17, 15) is 0 Å². The number of fused-ring (bicyclic) bond motifs is 6. The zero-order chi connectivity index (χ0) is 15.4. The Kier molecular flexibility index (Phi) is 2.54. The summed E-state index contributed by atoms with van der Waals surface area (Å²) in [6, 6.07) is 24.1. The second-order valence-corrected chi connectivity index (χ2v) is 6.21. The zero-order valence-electron chi connectivity index (χ0n) is 13.0. The Morgan fingerprint density at radius 3 is 2.39 bits per heavy atom. The van der Waals surface area contributed by atoms with Crippen LogP contribution in [0.3, 0.4) is 0 Å². The molecule has 0 saturated heterocycles. The van der Waals surface area contributed by atoms with Gasteiger partial charge in [-0.05, 0) is 74.5 Å². The van der Waals surface area contributed by atoms with E-state index in [1.165, 1.54) is 43.8 Å². The van der Waals surface area contributed by atoms with E-state index in [1.54, 1.807) is 7.11 Å². The van der Waals surface area contributed by atoms with Gasteiger partial charge in [-0.3, -0.25) is 0 Å². The van der Waals surface area contributed by atoms with Crippen molar-refractivity contribution in [2.24, 2.45) is 0 Å². The van der Waals surface area contributed by atoms with Crippen molar-refractivity contribution in [1.82, 2.24) is 0 Å². The topological polar surface area (TPSA) is 9.23 Å². The van der Waals surface area contributed by atoms with E-state index in [0.717, 1.165) is 12.2 Å². The van der Waals surface area contributed by atoms with Crippen molar-refractivity contribution in [1.29, 1.82) is 0 Å². The van der Waals surface area contributed by atoms with Gasteiger partial charge in [-0.25, -0.2) is 0 Å². The molecule has 0 atom stereocenters. The Morgan fingerprint density at radius 2 is 1.57 bits per heavy atom. The second-order valence-electron chi connectivity index (χ2n) is 6.21. The van der Waals surface area contributed by atoms with Gasteiger partial charge in [0.15, 0.2) is 0 Å². The van der Waals surface area contributed by atoms with Gasteiger partial charge in [0.25, 0.3) is 0 Å². The lowest BCUT2D eigenvalue weighted by Crippen LogP contribution is -1.85. The minimum Gasteiger partial charge on any atom is -0.497 e. The van der Waals surface area contributed by atoms with Crippen molar-refractivity contribution in [2.75, 3.05) is 7.11 Å². The van der Waals surface area contributed by atoms with Crippen LogP contribution >= 0.6 is 0 Å². The number of benzene rings is 4. The minimum atomic E-state index is 0.926. The predicted octanol–water partition coefficient (Wildman–Crippen LogP) is 5.57. The monoisotopic (exact) mass is 296 g/mol. The van der Waals surface area contributed by atoms with Gasteiger partial charge in [0.2, 0.25) is 0 Å². The molecule has 1 aliphatic rings. The number of hydrogen-bond acceptors (Lipinski definition) is 1. The SMILES string of the molecule is COc1ccc2c(c1)-c1ccc3cc4ccccc4cc3c1C2. The molecule has 0 heterocycles.